The van der Waals surface area contributed by atoms with Crippen LogP contribution >= 0.6 is 0 Å². The van der Waals surface area contributed by atoms with Crippen molar-refractivity contribution >= 4 is 10.8 Å². The normalized spacial score (nSPS) is 11.0. The largest absolute Gasteiger partial charge is 0.497 e. The van der Waals surface area contributed by atoms with Gasteiger partial charge in [0.25, 0.3) is 0 Å². The standard InChI is InChI=1S/C19H20N2O2/c1-12(2)16-6-5-7-17(20-16)18-11-13-10-14(22-3)8-9-15(13)19(21-18)23-4/h5-12H,1-4H3. The lowest BCUT2D eigenvalue weighted by molar-refractivity contribution is 0.403. The Bertz CT molecular complexity index is 844. The first kappa shape index (κ1) is 15.3. The van der Waals surface area contributed by atoms with Gasteiger partial charge in [0, 0.05) is 11.1 Å². The van der Waals surface area contributed by atoms with Crippen LogP contribution < -0.4 is 9.47 Å². The average Bonchev–Trinajstić information content (AvgIpc) is 2.60. The molecular weight excluding hydrogens is 288 g/mol. The Balaban J connectivity index is 2.19. The minimum Gasteiger partial charge on any atom is -0.497 e. The number of nitrogens with zero attached hydrogens (tertiary/aromatic N) is 2. The molecule has 4 heteroatoms. The van der Waals surface area contributed by atoms with E-state index in [4.69, 9.17) is 14.5 Å². The predicted octanol–water partition coefficient (Wildman–Crippen LogP) is 4.44. The molecule has 0 bridgehead atoms. The molecule has 2 aromatic heterocycles. The first-order chi connectivity index (χ1) is 11.1. The van der Waals surface area contributed by atoms with Crippen molar-refractivity contribution in [3.63, 3.8) is 0 Å². The second-order valence-corrected chi connectivity index (χ2v) is 5.71. The molecule has 4 nitrogen and oxygen atoms in total. The van der Waals surface area contributed by atoms with E-state index in [2.05, 4.69) is 18.8 Å². The van der Waals surface area contributed by atoms with Crippen LogP contribution in [0.3, 0.4) is 0 Å². The van der Waals surface area contributed by atoms with Crippen molar-refractivity contribution < 1.29 is 9.47 Å². The van der Waals surface area contributed by atoms with Gasteiger partial charge in [0.2, 0.25) is 5.88 Å². The van der Waals surface area contributed by atoms with E-state index in [0.717, 1.165) is 33.6 Å². The van der Waals surface area contributed by atoms with Crippen molar-refractivity contribution in [2.24, 2.45) is 0 Å². The molecule has 0 N–H and O–H groups in total. The van der Waals surface area contributed by atoms with E-state index in [-0.39, 0.29) is 0 Å². The Morgan fingerprint density at radius 3 is 2.39 bits per heavy atom. The maximum Gasteiger partial charge on any atom is 0.221 e. The number of aromatic nitrogens is 2. The maximum atomic E-state index is 5.46. The molecule has 0 saturated carbocycles. The highest BCUT2D eigenvalue weighted by Crippen LogP contribution is 2.31. The zero-order valence-corrected chi connectivity index (χ0v) is 13.8. The van der Waals surface area contributed by atoms with Gasteiger partial charge in [-0.15, -0.1) is 0 Å². The first-order valence-corrected chi connectivity index (χ1v) is 7.62. The fraction of sp³-hybridized carbons (Fsp3) is 0.263. The quantitative estimate of drug-likeness (QED) is 0.715. The van der Waals surface area contributed by atoms with Gasteiger partial charge in [0.05, 0.1) is 25.6 Å². The summed E-state index contributed by atoms with van der Waals surface area (Å²) < 4.78 is 10.8. The number of pyridine rings is 2. The number of fused-ring (bicyclic) bond motifs is 1. The Labute approximate surface area is 136 Å². The molecule has 0 saturated heterocycles. The van der Waals surface area contributed by atoms with E-state index in [1.807, 2.05) is 42.5 Å². The zero-order chi connectivity index (χ0) is 16.4. The summed E-state index contributed by atoms with van der Waals surface area (Å²) in [6.45, 7) is 4.26. The van der Waals surface area contributed by atoms with Gasteiger partial charge in [-0.05, 0) is 47.7 Å². The van der Waals surface area contributed by atoms with E-state index < -0.39 is 0 Å². The highest BCUT2D eigenvalue weighted by Gasteiger charge is 2.11. The summed E-state index contributed by atoms with van der Waals surface area (Å²) in [4.78, 5) is 9.34. The van der Waals surface area contributed by atoms with Crippen molar-refractivity contribution in [1.82, 2.24) is 9.97 Å². The number of benzene rings is 1. The van der Waals surface area contributed by atoms with Gasteiger partial charge in [0.15, 0.2) is 0 Å². The second kappa shape index (κ2) is 6.24. The molecule has 3 aromatic rings. The Kier molecular flexibility index (Phi) is 4.15. The monoisotopic (exact) mass is 308 g/mol. The zero-order valence-electron chi connectivity index (χ0n) is 13.8. The molecule has 23 heavy (non-hydrogen) atoms. The highest BCUT2D eigenvalue weighted by atomic mass is 16.5. The summed E-state index contributed by atoms with van der Waals surface area (Å²) in [6, 6.07) is 13.9. The first-order valence-electron chi connectivity index (χ1n) is 7.62. The average molecular weight is 308 g/mol. The Morgan fingerprint density at radius 1 is 0.870 bits per heavy atom. The van der Waals surface area contributed by atoms with E-state index in [1.54, 1.807) is 14.2 Å². The summed E-state index contributed by atoms with van der Waals surface area (Å²) in [5.74, 6) is 1.77. The van der Waals surface area contributed by atoms with E-state index in [1.165, 1.54) is 0 Å². The molecule has 0 aliphatic carbocycles. The second-order valence-electron chi connectivity index (χ2n) is 5.71. The molecule has 3 rings (SSSR count). The summed E-state index contributed by atoms with van der Waals surface area (Å²) in [5, 5.41) is 1.97. The molecule has 2 heterocycles. The van der Waals surface area contributed by atoms with Gasteiger partial charge in [-0.2, -0.15) is 0 Å². The Morgan fingerprint density at radius 2 is 1.70 bits per heavy atom. The lowest BCUT2D eigenvalue weighted by Gasteiger charge is -2.11. The van der Waals surface area contributed by atoms with Gasteiger partial charge in [-0.25, -0.2) is 4.98 Å². The van der Waals surface area contributed by atoms with Crippen LogP contribution in [-0.2, 0) is 0 Å². The van der Waals surface area contributed by atoms with Crippen LogP contribution in [0.2, 0.25) is 0 Å². The third-order valence-electron chi connectivity index (χ3n) is 3.82. The van der Waals surface area contributed by atoms with E-state index >= 15 is 0 Å². The van der Waals surface area contributed by atoms with E-state index in [0.29, 0.717) is 11.8 Å². The van der Waals surface area contributed by atoms with Crippen LogP contribution in [-0.4, -0.2) is 24.2 Å². The Hall–Kier alpha value is -2.62. The number of methoxy groups -OCH3 is 2. The molecule has 0 spiro atoms. The lowest BCUT2D eigenvalue weighted by atomic mass is 10.1. The van der Waals surface area contributed by atoms with Crippen LogP contribution in [0.5, 0.6) is 11.6 Å². The van der Waals surface area contributed by atoms with Gasteiger partial charge in [-0.3, -0.25) is 4.98 Å². The van der Waals surface area contributed by atoms with Crippen molar-refractivity contribution in [2.75, 3.05) is 14.2 Å². The molecule has 118 valence electrons. The number of hydrogen-bond donors (Lipinski definition) is 0. The fourth-order valence-electron chi connectivity index (χ4n) is 2.53. The number of ether oxygens (including phenoxy) is 2. The van der Waals surface area contributed by atoms with Gasteiger partial charge < -0.3 is 9.47 Å². The SMILES string of the molecule is COc1ccc2c(OC)nc(-c3cccc(C(C)C)n3)cc2c1. The molecule has 0 atom stereocenters. The topological polar surface area (TPSA) is 44.2 Å². The predicted molar refractivity (Wildman–Crippen MR) is 92.2 cm³/mol. The maximum absolute atomic E-state index is 5.46. The molecular formula is C19H20N2O2. The van der Waals surface area contributed by atoms with Crippen molar-refractivity contribution in [3.05, 3.63) is 48.2 Å². The fourth-order valence-corrected chi connectivity index (χ4v) is 2.53. The minimum absolute atomic E-state index is 0.373. The molecule has 0 aliphatic rings. The highest BCUT2D eigenvalue weighted by molar-refractivity contribution is 5.90. The van der Waals surface area contributed by atoms with Crippen molar-refractivity contribution in [1.29, 1.82) is 0 Å². The third-order valence-corrected chi connectivity index (χ3v) is 3.82. The molecule has 0 radical (unpaired) electrons. The molecule has 1 aromatic carbocycles. The van der Waals surface area contributed by atoms with Crippen LogP contribution in [0.4, 0.5) is 0 Å². The van der Waals surface area contributed by atoms with Crippen molar-refractivity contribution in [2.45, 2.75) is 19.8 Å². The third kappa shape index (κ3) is 2.97. The van der Waals surface area contributed by atoms with E-state index in [9.17, 15) is 0 Å². The van der Waals surface area contributed by atoms with Crippen LogP contribution in [0.1, 0.15) is 25.5 Å². The molecule has 0 fully saturated rings. The molecule has 0 amide bonds. The smallest absolute Gasteiger partial charge is 0.221 e. The summed E-state index contributed by atoms with van der Waals surface area (Å²) in [5.41, 5.74) is 2.69. The number of hydrogen-bond acceptors (Lipinski definition) is 4. The summed E-state index contributed by atoms with van der Waals surface area (Å²) >= 11 is 0. The van der Waals surface area contributed by atoms with Crippen LogP contribution in [0, 0.1) is 0 Å². The molecule has 0 aliphatic heterocycles. The van der Waals surface area contributed by atoms with Gasteiger partial charge >= 0.3 is 0 Å². The molecule has 0 unspecified atom stereocenters. The van der Waals surface area contributed by atoms with Gasteiger partial charge in [0.1, 0.15) is 5.75 Å². The van der Waals surface area contributed by atoms with Crippen LogP contribution in [0.25, 0.3) is 22.2 Å². The van der Waals surface area contributed by atoms with Crippen LogP contribution in [0.15, 0.2) is 42.5 Å². The van der Waals surface area contributed by atoms with Crippen molar-refractivity contribution in [3.8, 4) is 23.0 Å². The minimum atomic E-state index is 0.373. The summed E-state index contributed by atoms with van der Waals surface area (Å²) in [7, 11) is 3.29. The lowest BCUT2D eigenvalue weighted by Crippen LogP contribution is -1.97. The summed E-state index contributed by atoms with van der Waals surface area (Å²) in [6.07, 6.45) is 0. The number of rotatable bonds is 4. The van der Waals surface area contributed by atoms with Gasteiger partial charge in [-0.1, -0.05) is 19.9 Å².